The zero-order valence-corrected chi connectivity index (χ0v) is 17.3. The number of nitrogens with one attached hydrogen (secondary N) is 2. The Morgan fingerprint density at radius 1 is 0.793 bits per heavy atom. The summed E-state index contributed by atoms with van der Waals surface area (Å²) in [4.78, 5) is 13.2. The third-order valence-corrected chi connectivity index (χ3v) is 6.09. The highest BCUT2D eigenvalue weighted by molar-refractivity contribution is 7.92. The third-order valence-electron chi connectivity index (χ3n) is 4.71. The van der Waals surface area contributed by atoms with Crippen molar-refractivity contribution in [2.45, 2.75) is 31.6 Å². The van der Waals surface area contributed by atoms with Gasteiger partial charge in [-0.05, 0) is 48.2 Å². The van der Waals surface area contributed by atoms with Crippen molar-refractivity contribution in [1.82, 2.24) is 0 Å². The number of sulfonamides is 1. The number of rotatable bonds is 7. The first-order chi connectivity index (χ1) is 14.0. The minimum Gasteiger partial charge on any atom is -0.321 e. The van der Waals surface area contributed by atoms with Gasteiger partial charge in [-0.25, -0.2) is 8.42 Å². The molecule has 1 amide bonds. The molecule has 0 radical (unpaired) electrons. The van der Waals surface area contributed by atoms with E-state index in [-0.39, 0.29) is 22.1 Å². The van der Waals surface area contributed by atoms with E-state index in [0.29, 0.717) is 0 Å². The molecule has 150 valence electrons. The number of hydrogen-bond donors (Lipinski definition) is 2. The lowest BCUT2D eigenvalue weighted by molar-refractivity contribution is 0.102. The highest BCUT2D eigenvalue weighted by atomic mass is 32.2. The number of benzene rings is 3. The molecule has 0 saturated heterocycles. The normalized spacial score (nSPS) is 11.1. The second-order valence-corrected chi connectivity index (χ2v) is 8.26. The van der Waals surface area contributed by atoms with Crippen LogP contribution in [0.3, 0.4) is 0 Å². The molecule has 0 aliphatic heterocycles. The molecule has 0 saturated carbocycles. The van der Waals surface area contributed by atoms with E-state index in [0.717, 1.165) is 29.7 Å². The Bertz CT molecular complexity index is 1090. The van der Waals surface area contributed by atoms with Crippen molar-refractivity contribution in [3.8, 4) is 0 Å². The topological polar surface area (TPSA) is 75.3 Å². The molecule has 0 atom stereocenters. The van der Waals surface area contributed by atoms with Crippen LogP contribution in [0.1, 0.15) is 35.3 Å². The largest absolute Gasteiger partial charge is 0.321 e. The number of carbonyl (C=O) groups excluding carboxylic acids is 1. The van der Waals surface area contributed by atoms with Crippen LogP contribution >= 0.6 is 0 Å². The van der Waals surface area contributed by atoms with Gasteiger partial charge < -0.3 is 5.32 Å². The van der Waals surface area contributed by atoms with E-state index in [9.17, 15) is 13.2 Å². The second kappa shape index (κ2) is 8.92. The van der Waals surface area contributed by atoms with Crippen molar-refractivity contribution >= 4 is 27.3 Å². The van der Waals surface area contributed by atoms with Crippen molar-refractivity contribution in [1.29, 1.82) is 0 Å². The Morgan fingerprint density at radius 2 is 1.38 bits per heavy atom. The van der Waals surface area contributed by atoms with Crippen molar-refractivity contribution < 1.29 is 13.2 Å². The van der Waals surface area contributed by atoms with E-state index in [4.69, 9.17) is 0 Å². The lowest BCUT2D eigenvalue weighted by Crippen LogP contribution is -2.19. The van der Waals surface area contributed by atoms with Crippen LogP contribution in [0.2, 0.25) is 0 Å². The monoisotopic (exact) mass is 408 g/mol. The van der Waals surface area contributed by atoms with Crippen LogP contribution < -0.4 is 10.0 Å². The van der Waals surface area contributed by atoms with Crippen LogP contribution in [0, 0.1) is 0 Å². The van der Waals surface area contributed by atoms with E-state index >= 15 is 0 Å². The molecule has 0 aromatic heterocycles. The van der Waals surface area contributed by atoms with E-state index in [1.54, 1.807) is 42.5 Å². The summed E-state index contributed by atoms with van der Waals surface area (Å²) in [5, 5.41) is 2.99. The number of hydrogen-bond acceptors (Lipinski definition) is 3. The third kappa shape index (κ3) is 4.66. The molecule has 0 fully saturated rings. The molecular weight excluding hydrogens is 384 g/mol. The van der Waals surface area contributed by atoms with Gasteiger partial charge in [0.15, 0.2) is 0 Å². The van der Waals surface area contributed by atoms with Gasteiger partial charge in [-0.15, -0.1) is 0 Å². The number of anilines is 2. The smallest absolute Gasteiger partial charge is 0.261 e. The molecule has 0 unspecified atom stereocenters. The molecule has 3 aromatic carbocycles. The van der Waals surface area contributed by atoms with Crippen LogP contribution in [0.4, 0.5) is 11.4 Å². The van der Waals surface area contributed by atoms with Gasteiger partial charge in [-0.1, -0.05) is 62.4 Å². The summed E-state index contributed by atoms with van der Waals surface area (Å²) < 4.78 is 27.9. The fourth-order valence-electron chi connectivity index (χ4n) is 3.16. The van der Waals surface area contributed by atoms with Crippen LogP contribution in [0.25, 0.3) is 0 Å². The van der Waals surface area contributed by atoms with Gasteiger partial charge in [0.25, 0.3) is 15.9 Å². The van der Waals surface area contributed by atoms with Gasteiger partial charge >= 0.3 is 0 Å². The maximum Gasteiger partial charge on any atom is 0.261 e. The average molecular weight is 409 g/mol. The Labute approximate surface area is 171 Å². The molecule has 6 heteroatoms. The molecule has 3 aromatic rings. The summed E-state index contributed by atoms with van der Waals surface area (Å²) in [6.07, 6.45) is 1.57. The van der Waals surface area contributed by atoms with Gasteiger partial charge in [0.2, 0.25) is 0 Å². The molecule has 2 N–H and O–H groups in total. The standard InChI is InChI=1S/C23H24N2O3S/c1-3-17-11-10-12-18(4-2)22(17)24-23(26)20-15-8-9-16-21(20)25-29(27,28)19-13-6-5-7-14-19/h5-16,25H,3-4H2,1-2H3,(H,24,26). The van der Waals surface area contributed by atoms with E-state index < -0.39 is 10.0 Å². The first kappa shape index (κ1) is 20.6. The van der Waals surface area contributed by atoms with Crippen LogP contribution in [-0.2, 0) is 22.9 Å². The fourth-order valence-corrected chi connectivity index (χ4v) is 4.26. The Balaban J connectivity index is 1.93. The molecule has 0 aliphatic carbocycles. The predicted octanol–water partition coefficient (Wildman–Crippen LogP) is 4.86. The summed E-state index contributed by atoms with van der Waals surface area (Å²) in [6.45, 7) is 4.07. The molecule has 0 aliphatic rings. The van der Waals surface area contributed by atoms with E-state index in [2.05, 4.69) is 10.0 Å². The molecule has 3 rings (SSSR count). The Kier molecular flexibility index (Phi) is 6.34. The number of amides is 1. The lowest BCUT2D eigenvalue weighted by atomic mass is 10.0. The summed E-state index contributed by atoms with van der Waals surface area (Å²) in [5.74, 6) is -0.355. The highest BCUT2D eigenvalue weighted by Gasteiger charge is 2.19. The fraction of sp³-hybridized carbons (Fsp3) is 0.174. The van der Waals surface area contributed by atoms with Crippen molar-refractivity contribution in [3.63, 3.8) is 0 Å². The minimum atomic E-state index is -3.80. The minimum absolute atomic E-state index is 0.139. The first-order valence-corrected chi connectivity index (χ1v) is 11.0. The molecule has 29 heavy (non-hydrogen) atoms. The molecule has 0 bridgehead atoms. The molecule has 0 spiro atoms. The number of para-hydroxylation sites is 2. The van der Waals surface area contributed by atoms with Crippen molar-refractivity contribution in [3.05, 3.63) is 89.5 Å². The van der Waals surface area contributed by atoms with Crippen molar-refractivity contribution in [2.75, 3.05) is 10.0 Å². The zero-order chi connectivity index (χ0) is 20.9. The summed E-state index contributed by atoms with van der Waals surface area (Å²) in [5.41, 5.74) is 3.38. The van der Waals surface area contributed by atoms with Crippen LogP contribution in [-0.4, -0.2) is 14.3 Å². The maximum atomic E-state index is 13.0. The lowest BCUT2D eigenvalue weighted by Gasteiger charge is -2.16. The average Bonchev–Trinajstić information content (AvgIpc) is 2.74. The summed E-state index contributed by atoms with van der Waals surface area (Å²) in [7, 11) is -3.80. The van der Waals surface area contributed by atoms with Crippen molar-refractivity contribution in [2.24, 2.45) is 0 Å². The van der Waals surface area contributed by atoms with Gasteiger partial charge in [-0.3, -0.25) is 9.52 Å². The van der Waals surface area contributed by atoms with Crippen LogP contribution in [0.5, 0.6) is 0 Å². The summed E-state index contributed by atoms with van der Waals surface area (Å²) in [6, 6.07) is 20.6. The maximum absolute atomic E-state index is 13.0. The van der Waals surface area contributed by atoms with E-state index in [1.807, 2.05) is 32.0 Å². The van der Waals surface area contributed by atoms with Crippen LogP contribution in [0.15, 0.2) is 77.7 Å². The predicted molar refractivity (Wildman–Crippen MR) is 117 cm³/mol. The molecule has 5 nitrogen and oxygen atoms in total. The zero-order valence-electron chi connectivity index (χ0n) is 16.5. The Morgan fingerprint density at radius 3 is 2.00 bits per heavy atom. The number of aryl methyl sites for hydroxylation is 2. The highest BCUT2D eigenvalue weighted by Crippen LogP contribution is 2.26. The molecular formula is C23H24N2O3S. The van der Waals surface area contributed by atoms with Gasteiger partial charge in [0, 0.05) is 5.69 Å². The number of carbonyl (C=O) groups is 1. The summed E-state index contributed by atoms with van der Waals surface area (Å²) >= 11 is 0. The van der Waals surface area contributed by atoms with Gasteiger partial charge in [-0.2, -0.15) is 0 Å². The quantitative estimate of drug-likeness (QED) is 0.586. The van der Waals surface area contributed by atoms with Gasteiger partial charge in [0.1, 0.15) is 0 Å². The second-order valence-electron chi connectivity index (χ2n) is 6.58. The molecule has 0 heterocycles. The van der Waals surface area contributed by atoms with E-state index in [1.165, 1.54) is 12.1 Å². The Hall–Kier alpha value is -3.12. The SMILES string of the molecule is CCc1cccc(CC)c1NC(=O)c1ccccc1NS(=O)(=O)c1ccccc1. The van der Waals surface area contributed by atoms with Gasteiger partial charge in [0.05, 0.1) is 16.1 Å². The first-order valence-electron chi connectivity index (χ1n) is 9.55.